The average Bonchev–Trinajstić information content (AvgIpc) is 3.15. The third kappa shape index (κ3) is 4.57. The van der Waals surface area contributed by atoms with Crippen molar-refractivity contribution in [2.24, 2.45) is 4.99 Å². The molecular weight excluding hydrogens is 450 g/mol. The maximum atomic E-state index is 5.57. The number of halogens is 1. The van der Waals surface area contributed by atoms with Gasteiger partial charge in [0.25, 0.3) is 0 Å². The highest BCUT2D eigenvalue weighted by molar-refractivity contribution is 8.93. The fourth-order valence-corrected chi connectivity index (χ4v) is 4.24. The molecule has 1 aromatic heterocycles. The van der Waals surface area contributed by atoms with Crippen molar-refractivity contribution in [3.63, 3.8) is 0 Å². The van der Waals surface area contributed by atoms with E-state index in [-0.39, 0.29) is 17.0 Å². The molecular formula is C22H26BrN3O2S. The number of thiazole rings is 1. The summed E-state index contributed by atoms with van der Waals surface area (Å²) in [6, 6.07) is 14.5. The Bertz CT molecular complexity index is 1020. The van der Waals surface area contributed by atoms with Crippen molar-refractivity contribution in [1.29, 1.82) is 0 Å². The van der Waals surface area contributed by atoms with E-state index in [2.05, 4.69) is 59.2 Å². The van der Waals surface area contributed by atoms with E-state index >= 15 is 0 Å². The molecule has 0 saturated carbocycles. The zero-order chi connectivity index (χ0) is 19.5. The first kappa shape index (κ1) is 21.6. The van der Waals surface area contributed by atoms with Crippen LogP contribution in [-0.2, 0) is 4.74 Å². The highest BCUT2D eigenvalue weighted by Crippen LogP contribution is 2.25. The van der Waals surface area contributed by atoms with E-state index in [1.165, 1.54) is 11.1 Å². The van der Waals surface area contributed by atoms with E-state index in [9.17, 15) is 0 Å². The van der Waals surface area contributed by atoms with Gasteiger partial charge in [-0.1, -0.05) is 12.1 Å². The van der Waals surface area contributed by atoms with Crippen molar-refractivity contribution in [1.82, 2.24) is 4.68 Å². The molecule has 0 atom stereocenters. The Kier molecular flexibility index (Phi) is 7.16. The summed E-state index contributed by atoms with van der Waals surface area (Å²) >= 11 is 1.67. The summed E-state index contributed by atoms with van der Waals surface area (Å²) in [7, 11) is 1.69. The van der Waals surface area contributed by atoms with Gasteiger partial charge in [0.2, 0.25) is 4.80 Å². The van der Waals surface area contributed by atoms with Gasteiger partial charge in [0.15, 0.2) is 0 Å². The monoisotopic (exact) mass is 475 g/mol. The number of hydrogen-bond donors (Lipinski definition) is 0. The van der Waals surface area contributed by atoms with E-state index in [1.54, 1.807) is 18.4 Å². The van der Waals surface area contributed by atoms with Crippen molar-refractivity contribution in [3.05, 3.63) is 63.8 Å². The Balaban J connectivity index is 0.00000240. The molecule has 2 heterocycles. The minimum Gasteiger partial charge on any atom is -0.497 e. The molecule has 2 aromatic carbocycles. The third-order valence-corrected chi connectivity index (χ3v) is 5.95. The minimum absolute atomic E-state index is 0. The van der Waals surface area contributed by atoms with Gasteiger partial charge >= 0.3 is 0 Å². The average molecular weight is 476 g/mol. The van der Waals surface area contributed by atoms with Crippen LogP contribution in [0.1, 0.15) is 11.1 Å². The zero-order valence-corrected chi connectivity index (χ0v) is 19.5. The van der Waals surface area contributed by atoms with Crippen molar-refractivity contribution in [3.8, 4) is 17.0 Å². The van der Waals surface area contributed by atoms with Gasteiger partial charge in [0.05, 0.1) is 44.8 Å². The topological polar surface area (TPSA) is 39.0 Å². The van der Waals surface area contributed by atoms with Gasteiger partial charge in [-0.05, 0) is 55.3 Å². The molecule has 4 rings (SSSR count). The fourth-order valence-electron chi connectivity index (χ4n) is 3.32. The van der Waals surface area contributed by atoms with Crippen LogP contribution in [-0.4, -0.2) is 38.1 Å². The summed E-state index contributed by atoms with van der Waals surface area (Å²) in [6.45, 7) is 7.41. The molecule has 7 heteroatoms. The van der Waals surface area contributed by atoms with E-state index in [0.29, 0.717) is 0 Å². The van der Waals surface area contributed by atoms with E-state index in [4.69, 9.17) is 14.5 Å². The Morgan fingerprint density at radius 3 is 2.45 bits per heavy atom. The third-order valence-electron chi connectivity index (χ3n) is 5.13. The molecule has 0 radical (unpaired) electrons. The molecule has 1 fully saturated rings. The molecule has 1 aliphatic rings. The van der Waals surface area contributed by atoms with E-state index in [0.717, 1.165) is 53.8 Å². The van der Waals surface area contributed by atoms with Crippen molar-refractivity contribution < 1.29 is 9.47 Å². The van der Waals surface area contributed by atoms with Crippen LogP contribution in [0.3, 0.4) is 0 Å². The number of ether oxygens (including phenoxy) is 2. The molecule has 0 bridgehead atoms. The van der Waals surface area contributed by atoms with Gasteiger partial charge < -0.3 is 14.5 Å². The predicted octanol–water partition coefficient (Wildman–Crippen LogP) is 4.62. The molecule has 0 aliphatic carbocycles. The molecule has 29 heavy (non-hydrogen) atoms. The first-order chi connectivity index (χ1) is 13.7. The van der Waals surface area contributed by atoms with Crippen LogP contribution >= 0.6 is 28.3 Å². The van der Waals surface area contributed by atoms with Gasteiger partial charge in [0, 0.05) is 10.9 Å². The van der Waals surface area contributed by atoms with Crippen LogP contribution in [0.4, 0.5) is 5.69 Å². The van der Waals surface area contributed by atoms with Crippen LogP contribution < -0.4 is 14.5 Å². The van der Waals surface area contributed by atoms with Gasteiger partial charge in [-0.2, -0.15) is 0 Å². The quantitative estimate of drug-likeness (QED) is 0.552. The number of aromatic nitrogens is 1. The number of nitrogens with zero attached hydrogens (tertiary/aromatic N) is 3. The normalized spacial score (nSPS) is 14.6. The predicted molar refractivity (Wildman–Crippen MR) is 125 cm³/mol. The number of rotatable bonds is 4. The van der Waals surface area contributed by atoms with Crippen LogP contribution in [0.5, 0.6) is 5.75 Å². The highest BCUT2D eigenvalue weighted by Gasteiger charge is 2.17. The summed E-state index contributed by atoms with van der Waals surface area (Å²) in [6.07, 6.45) is 0. The van der Waals surface area contributed by atoms with Crippen LogP contribution in [0.15, 0.2) is 52.8 Å². The molecule has 1 saturated heterocycles. The van der Waals surface area contributed by atoms with E-state index < -0.39 is 0 Å². The maximum Gasteiger partial charge on any atom is 0.209 e. The summed E-state index contributed by atoms with van der Waals surface area (Å²) in [5.41, 5.74) is 5.77. The van der Waals surface area contributed by atoms with Gasteiger partial charge in [0.1, 0.15) is 5.75 Å². The SMILES string of the molecule is Br.COc1ccc(-c2csc(=Nc3cccc(C)c3C)n2N2CCOCC2)cc1. The molecule has 0 amide bonds. The number of hydrogen-bond acceptors (Lipinski definition) is 5. The molecule has 1 aliphatic heterocycles. The standard InChI is InChI=1S/C22H25N3O2S.BrH/c1-16-5-4-6-20(17(16)2)23-22-25(24-11-13-27-14-12-24)21(15-28-22)18-7-9-19(26-3)10-8-18;/h4-10,15H,11-14H2,1-3H3;1H. The summed E-state index contributed by atoms with van der Waals surface area (Å²) in [5, 5.41) is 4.50. The second-order valence-corrected chi connectivity index (χ2v) is 7.68. The zero-order valence-electron chi connectivity index (χ0n) is 16.9. The summed E-state index contributed by atoms with van der Waals surface area (Å²) < 4.78 is 13.1. The van der Waals surface area contributed by atoms with E-state index in [1.807, 2.05) is 12.1 Å². The lowest BCUT2D eigenvalue weighted by Crippen LogP contribution is -2.48. The number of morpholine rings is 1. The van der Waals surface area contributed by atoms with Crippen LogP contribution in [0, 0.1) is 13.8 Å². The molecule has 3 aromatic rings. The molecule has 5 nitrogen and oxygen atoms in total. The Morgan fingerprint density at radius 1 is 1.03 bits per heavy atom. The second kappa shape index (κ2) is 9.61. The highest BCUT2D eigenvalue weighted by atomic mass is 79.9. The lowest BCUT2D eigenvalue weighted by atomic mass is 10.1. The summed E-state index contributed by atoms with van der Waals surface area (Å²) in [5.74, 6) is 0.859. The first-order valence-electron chi connectivity index (χ1n) is 9.46. The molecule has 0 spiro atoms. The van der Waals surface area contributed by atoms with Gasteiger partial charge in [-0.15, -0.1) is 28.3 Å². The van der Waals surface area contributed by atoms with Crippen LogP contribution in [0.2, 0.25) is 0 Å². The largest absolute Gasteiger partial charge is 0.497 e. The maximum absolute atomic E-state index is 5.57. The second-order valence-electron chi connectivity index (χ2n) is 6.84. The number of methoxy groups -OCH3 is 1. The number of benzene rings is 2. The molecule has 0 N–H and O–H groups in total. The minimum atomic E-state index is 0. The van der Waals surface area contributed by atoms with Crippen molar-refractivity contribution >= 4 is 34.0 Å². The van der Waals surface area contributed by atoms with Gasteiger partial charge in [-0.3, -0.25) is 0 Å². The van der Waals surface area contributed by atoms with Crippen molar-refractivity contribution in [2.45, 2.75) is 13.8 Å². The Hall–Kier alpha value is -2.09. The number of aryl methyl sites for hydroxylation is 1. The Labute approximate surface area is 186 Å². The lowest BCUT2D eigenvalue weighted by molar-refractivity contribution is 0.111. The first-order valence-corrected chi connectivity index (χ1v) is 10.3. The summed E-state index contributed by atoms with van der Waals surface area (Å²) in [4.78, 5) is 6.00. The fraction of sp³-hybridized carbons (Fsp3) is 0.318. The molecule has 0 unspecified atom stereocenters. The lowest BCUT2D eigenvalue weighted by Gasteiger charge is -2.31. The van der Waals surface area contributed by atoms with Crippen molar-refractivity contribution in [2.75, 3.05) is 38.4 Å². The van der Waals surface area contributed by atoms with Gasteiger partial charge in [-0.25, -0.2) is 9.67 Å². The Morgan fingerprint density at radius 2 is 1.76 bits per heavy atom. The van der Waals surface area contributed by atoms with Crippen LogP contribution in [0.25, 0.3) is 11.3 Å². The smallest absolute Gasteiger partial charge is 0.209 e. The molecule has 154 valence electrons.